The summed E-state index contributed by atoms with van der Waals surface area (Å²) in [5, 5.41) is 25.9. The number of anilines is 2. The summed E-state index contributed by atoms with van der Waals surface area (Å²) in [5.41, 5.74) is 0.813. The zero-order valence-corrected chi connectivity index (χ0v) is 14.4. The van der Waals surface area contributed by atoms with E-state index in [-0.39, 0.29) is 22.9 Å². The maximum atomic E-state index is 11.4. The van der Waals surface area contributed by atoms with Crippen LogP contribution in [0.3, 0.4) is 0 Å². The normalized spacial score (nSPS) is 10.3. The summed E-state index contributed by atoms with van der Waals surface area (Å²) >= 11 is 0. The standard InChI is InChI=1S/C17H15N7O4/c25-16(26)13-10-22-17(23-15(13)11-3-5-18-6-4-11)20-8-7-19-14-2-1-12(9-21-14)24(27)28/h1-6,9-10H,7-8H2,(H,19,21)(H,25,26)(H,20,22,23). The fourth-order valence-corrected chi connectivity index (χ4v) is 2.32. The van der Waals surface area contributed by atoms with Crippen molar-refractivity contribution >= 4 is 23.4 Å². The average molecular weight is 381 g/mol. The Bertz CT molecular complexity index is 981. The number of carboxylic acids is 1. The molecule has 0 saturated heterocycles. The number of nitro groups is 1. The van der Waals surface area contributed by atoms with Crippen molar-refractivity contribution < 1.29 is 14.8 Å². The van der Waals surface area contributed by atoms with Gasteiger partial charge in [0.25, 0.3) is 5.69 Å². The Morgan fingerprint density at radius 1 is 1.07 bits per heavy atom. The molecule has 3 heterocycles. The fourth-order valence-electron chi connectivity index (χ4n) is 2.32. The van der Waals surface area contributed by atoms with Crippen LogP contribution in [0.25, 0.3) is 11.3 Å². The van der Waals surface area contributed by atoms with Gasteiger partial charge in [-0.25, -0.2) is 19.7 Å². The Morgan fingerprint density at radius 3 is 2.46 bits per heavy atom. The summed E-state index contributed by atoms with van der Waals surface area (Å²) in [6.45, 7) is 0.861. The van der Waals surface area contributed by atoms with Crippen LogP contribution >= 0.6 is 0 Å². The molecular weight excluding hydrogens is 366 g/mol. The molecule has 3 aromatic heterocycles. The van der Waals surface area contributed by atoms with Gasteiger partial charge in [0.1, 0.15) is 17.6 Å². The van der Waals surface area contributed by atoms with E-state index in [1.165, 1.54) is 24.5 Å². The van der Waals surface area contributed by atoms with Crippen LogP contribution in [0.5, 0.6) is 0 Å². The van der Waals surface area contributed by atoms with E-state index < -0.39 is 10.9 Å². The van der Waals surface area contributed by atoms with Gasteiger partial charge in [0.15, 0.2) is 0 Å². The van der Waals surface area contributed by atoms with Crippen LogP contribution in [0.1, 0.15) is 10.4 Å². The van der Waals surface area contributed by atoms with E-state index in [1.807, 2.05) is 0 Å². The minimum absolute atomic E-state index is 0.00930. The predicted molar refractivity (Wildman–Crippen MR) is 100 cm³/mol. The Hall–Kier alpha value is -4.15. The van der Waals surface area contributed by atoms with Gasteiger partial charge in [-0.15, -0.1) is 0 Å². The lowest BCUT2D eigenvalue weighted by atomic mass is 10.1. The molecule has 0 fully saturated rings. The number of rotatable bonds is 8. The van der Waals surface area contributed by atoms with E-state index >= 15 is 0 Å². The van der Waals surface area contributed by atoms with Gasteiger partial charge in [-0.2, -0.15) is 0 Å². The van der Waals surface area contributed by atoms with Gasteiger partial charge in [-0.3, -0.25) is 15.1 Å². The van der Waals surface area contributed by atoms with Crippen molar-refractivity contribution in [2.75, 3.05) is 23.7 Å². The molecule has 0 saturated carbocycles. The van der Waals surface area contributed by atoms with E-state index in [4.69, 9.17) is 0 Å². The average Bonchev–Trinajstić information content (AvgIpc) is 2.72. The Labute approximate surface area is 158 Å². The third-order valence-electron chi connectivity index (χ3n) is 3.65. The van der Waals surface area contributed by atoms with Gasteiger partial charge >= 0.3 is 5.97 Å². The molecule has 0 bridgehead atoms. The molecule has 0 aromatic carbocycles. The number of aromatic carboxylic acids is 1. The fraction of sp³-hybridized carbons (Fsp3) is 0.118. The summed E-state index contributed by atoms with van der Waals surface area (Å²) < 4.78 is 0. The number of carboxylic acid groups (broad SMARTS) is 1. The lowest BCUT2D eigenvalue weighted by Crippen LogP contribution is -2.16. The molecule has 3 N–H and O–H groups in total. The summed E-state index contributed by atoms with van der Waals surface area (Å²) in [5.74, 6) is -0.355. The molecule has 0 aliphatic heterocycles. The number of carbonyl (C=O) groups is 1. The van der Waals surface area contributed by atoms with E-state index in [0.29, 0.717) is 24.5 Å². The van der Waals surface area contributed by atoms with Crippen LogP contribution in [0.15, 0.2) is 49.1 Å². The van der Waals surface area contributed by atoms with E-state index in [1.54, 1.807) is 24.5 Å². The third kappa shape index (κ3) is 4.52. The number of nitrogens with one attached hydrogen (secondary N) is 2. The first-order chi connectivity index (χ1) is 13.5. The van der Waals surface area contributed by atoms with Crippen LogP contribution in [-0.4, -0.2) is 49.0 Å². The molecule has 3 rings (SSSR count). The highest BCUT2D eigenvalue weighted by molar-refractivity contribution is 5.94. The van der Waals surface area contributed by atoms with Gasteiger partial charge in [0.2, 0.25) is 5.95 Å². The summed E-state index contributed by atoms with van der Waals surface area (Å²) in [6.07, 6.45) is 5.53. The second kappa shape index (κ2) is 8.49. The number of hydrogen-bond acceptors (Lipinski definition) is 9. The molecule has 28 heavy (non-hydrogen) atoms. The SMILES string of the molecule is O=C(O)c1cnc(NCCNc2ccc([N+](=O)[O-])cn2)nc1-c1ccncc1. The minimum atomic E-state index is -1.12. The van der Waals surface area contributed by atoms with Crippen molar-refractivity contribution in [2.24, 2.45) is 0 Å². The van der Waals surface area contributed by atoms with Crippen molar-refractivity contribution in [2.45, 2.75) is 0 Å². The topological polar surface area (TPSA) is 156 Å². The molecule has 11 heteroatoms. The molecule has 0 aliphatic rings. The molecule has 0 spiro atoms. The number of nitrogens with zero attached hydrogens (tertiary/aromatic N) is 5. The van der Waals surface area contributed by atoms with Crippen LogP contribution in [0.4, 0.5) is 17.5 Å². The number of aromatic nitrogens is 4. The smallest absolute Gasteiger partial charge is 0.339 e. The summed E-state index contributed by atoms with van der Waals surface area (Å²) in [6, 6.07) is 6.20. The van der Waals surface area contributed by atoms with Gasteiger partial charge in [0.05, 0.1) is 10.6 Å². The van der Waals surface area contributed by atoms with Crippen molar-refractivity contribution in [1.82, 2.24) is 19.9 Å². The first-order valence-corrected chi connectivity index (χ1v) is 8.13. The molecule has 142 valence electrons. The van der Waals surface area contributed by atoms with E-state index in [0.717, 1.165) is 0 Å². The highest BCUT2D eigenvalue weighted by atomic mass is 16.6. The van der Waals surface area contributed by atoms with Gasteiger partial charge in [0, 0.05) is 43.3 Å². The maximum Gasteiger partial charge on any atom is 0.339 e. The van der Waals surface area contributed by atoms with Gasteiger partial charge in [-0.1, -0.05) is 0 Å². The van der Waals surface area contributed by atoms with Crippen molar-refractivity contribution in [3.05, 3.63) is 64.7 Å². The zero-order chi connectivity index (χ0) is 19.9. The maximum absolute atomic E-state index is 11.4. The largest absolute Gasteiger partial charge is 0.478 e. The minimum Gasteiger partial charge on any atom is -0.478 e. The molecule has 0 amide bonds. The quantitative estimate of drug-likeness (QED) is 0.300. The van der Waals surface area contributed by atoms with Crippen LogP contribution in [0.2, 0.25) is 0 Å². The van der Waals surface area contributed by atoms with Crippen molar-refractivity contribution in [3.8, 4) is 11.3 Å². The predicted octanol–water partition coefficient (Wildman–Crippen LogP) is 2.06. The molecule has 0 aliphatic carbocycles. The van der Waals surface area contributed by atoms with Crippen molar-refractivity contribution in [3.63, 3.8) is 0 Å². The Morgan fingerprint density at radius 2 is 1.82 bits per heavy atom. The Kier molecular flexibility index (Phi) is 5.65. The molecule has 0 unspecified atom stereocenters. The highest BCUT2D eigenvalue weighted by Crippen LogP contribution is 2.21. The molecular formula is C17H15N7O4. The molecule has 0 radical (unpaired) electrons. The molecule has 3 aromatic rings. The Balaban J connectivity index is 1.63. The highest BCUT2D eigenvalue weighted by Gasteiger charge is 2.15. The van der Waals surface area contributed by atoms with Crippen LogP contribution in [0, 0.1) is 10.1 Å². The van der Waals surface area contributed by atoms with Crippen LogP contribution in [-0.2, 0) is 0 Å². The summed E-state index contributed by atoms with van der Waals surface area (Å²) in [4.78, 5) is 37.7. The second-order valence-electron chi connectivity index (χ2n) is 5.51. The third-order valence-corrected chi connectivity index (χ3v) is 3.65. The van der Waals surface area contributed by atoms with Crippen LogP contribution < -0.4 is 10.6 Å². The second-order valence-corrected chi connectivity index (χ2v) is 5.51. The molecule has 0 atom stereocenters. The van der Waals surface area contributed by atoms with Gasteiger partial charge in [-0.05, 0) is 18.2 Å². The van der Waals surface area contributed by atoms with E-state index in [2.05, 4.69) is 30.6 Å². The summed E-state index contributed by atoms with van der Waals surface area (Å²) in [7, 11) is 0. The number of pyridine rings is 2. The molecule has 11 nitrogen and oxygen atoms in total. The van der Waals surface area contributed by atoms with E-state index in [9.17, 15) is 20.0 Å². The lowest BCUT2D eigenvalue weighted by Gasteiger charge is -2.10. The lowest BCUT2D eigenvalue weighted by molar-refractivity contribution is -0.385. The monoisotopic (exact) mass is 381 g/mol. The first-order valence-electron chi connectivity index (χ1n) is 8.13. The van der Waals surface area contributed by atoms with Gasteiger partial charge < -0.3 is 15.7 Å². The zero-order valence-electron chi connectivity index (χ0n) is 14.4. The van der Waals surface area contributed by atoms with Crippen molar-refractivity contribution in [1.29, 1.82) is 0 Å². The first kappa shape index (κ1) is 18.6. The number of hydrogen-bond donors (Lipinski definition) is 3.